The molecule has 0 saturated carbocycles. The van der Waals surface area contributed by atoms with Crippen LogP contribution in [0.1, 0.15) is 12.0 Å². The maximum atomic E-state index is 11.5. The van der Waals surface area contributed by atoms with Gasteiger partial charge in [-0.05, 0) is 23.8 Å². The van der Waals surface area contributed by atoms with Crippen LogP contribution in [0.2, 0.25) is 0 Å². The van der Waals surface area contributed by atoms with Crippen LogP contribution < -0.4 is 16.0 Å². The van der Waals surface area contributed by atoms with Crippen molar-refractivity contribution in [3.8, 4) is 0 Å². The summed E-state index contributed by atoms with van der Waals surface area (Å²) in [5.41, 5.74) is 1.28. The third kappa shape index (κ3) is 6.76. The average Bonchev–Trinajstić information content (AvgIpc) is 2.46. The van der Waals surface area contributed by atoms with Crippen LogP contribution in [0.3, 0.4) is 0 Å². The van der Waals surface area contributed by atoms with Crippen LogP contribution >= 0.6 is 0 Å². The van der Waals surface area contributed by atoms with Crippen LogP contribution in [0.25, 0.3) is 6.08 Å². The van der Waals surface area contributed by atoms with E-state index >= 15 is 0 Å². The van der Waals surface area contributed by atoms with E-state index in [0.29, 0.717) is 11.3 Å². The van der Waals surface area contributed by atoms with Gasteiger partial charge in [0, 0.05) is 31.8 Å². The molecule has 0 aliphatic carbocycles. The van der Waals surface area contributed by atoms with Gasteiger partial charge in [-0.25, -0.2) is 9.59 Å². The highest BCUT2D eigenvalue weighted by Crippen LogP contribution is 2.10. The molecule has 112 valence electrons. The van der Waals surface area contributed by atoms with Gasteiger partial charge in [0.15, 0.2) is 0 Å². The Kier molecular flexibility index (Phi) is 6.46. The monoisotopic (exact) mass is 291 g/mol. The Labute approximate surface area is 122 Å². The van der Waals surface area contributed by atoms with Crippen molar-refractivity contribution >= 4 is 29.7 Å². The standard InChI is InChI=1S/C14H17N3O4/c1-15-12(18)8-9-16-14(21)17-11-5-2-10(3-6-11)4-7-13(19)20/h2-7H,8-9H2,1H3,(H,15,18)(H,19,20)(H2,16,17,21). The van der Waals surface area contributed by atoms with Crippen molar-refractivity contribution in [3.05, 3.63) is 35.9 Å². The number of rotatable bonds is 6. The van der Waals surface area contributed by atoms with Gasteiger partial charge in [-0.15, -0.1) is 0 Å². The molecule has 21 heavy (non-hydrogen) atoms. The van der Waals surface area contributed by atoms with E-state index in [2.05, 4.69) is 16.0 Å². The number of carboxylic acids is 1. The first-order valence-electron chi connectivity index (χ1n) is 6.28. The third-order valence-corrected chi connectivity index (χ3v) is 2.50. The summed E-state index contributed by atoms with van der Waals surface area (Å²) in [5.74, 6) is -1.17. The quantitative estimate of drug-likeness (QED) is 0.587. The largest absolute Gasteiger partial charge is 0.478 e. The first-order valence-corrected chi connectivity index (χ1v) is 6.28. The summed E-state index contributed by atoms with van der Waals surface area (Å²) < 4.78 is 0. The Morgan fingerprint density at radius 1 is 1.19 bits per heavy atom. The summed E-state index contributed by atoms with van der Waals surface area (Å²) in [4.78, 5) is 32.9. The molecule has 0 heterocycles. The number of nitrogens with one attached hydrogen (secondary N) is 3. The molecule has 0 aromatic heterocycles. The number of carboxylic acid groups (broad SMARTS) is 1. The van der Waals surface area contributed by atoms with Crippen molar-refractivity contribution in [2.45, 2.75) is 6.42 Å². The number of hydrogen-bond acceptors (Lipinski definition) is 3. The second kappa shape index (κ2) is 8.36. The van der Waals surface area contributed by atoms with Crippen LogP contribution in [0.5, 0.6) is 0 Å². The highest BCUT2D eigenvalue weighted by Gasteiger charge is 2.02. The molecular formula is C14H17N3O4. The zero-order valence-corrected chi connectivity index (χ0v) is 11.6. The van der Waals surface area contributed by atoms with Crippen molar-refractivity contribution in [3.63, 3.8) is 0 Å². The fourth-order valence-electron chi connectivity index (χ4n) is 1.43. The van der Waals surface area contributed by atoms with Crippen molar-refractivity contribution < 1.29 is 19.5 Å². The zero-order valence-electron chi connectivity index (χ0n) is 11.6. The van der Waals surface area contributed by atoms with E-state index in [1.807, 2.05) is 0 Å². The van der Waals surface area contributed by atoms with Gasteiger partial charge in [0.2, 0.25) is 5.91 Å². The van der Waals surface area contributed by atoms with Crippen molar-refractivity contribution in [2.75, 3.05) is 18.9 Å². The predicted octanol–water partition coefficient (Wildman–Crippen LogP) is 1.04. The normalized spacial score (nSPS) is 10.1. The highest BCUT2D eigenvalue weighted by molar-refractivity contribution is 5.90. The molecule has 1 rings (SSSR count). The van der Waals surface area contributed by atoms with E-state index < -0.39 is 12.0 Å². The summed E-state index contributed by atoms with van der Waals surface area (Å²) in [6.45, 7) is 0.241. The lowest BCUT2D eigenvalue weighted by Crippen LogP contribution is -2.32. The van der Waals surface area contributed by atoms with Crippen LogP contribution in [0.15, 0.2) is 30.3 Å². The Balaban J connectivity index is 2.42. The van der Waals surface area contributed by atoms with Crippen molar-refractivity contribution in [2.24, 2.45) is 0 Å². The summed E-state index contributed by atoms with van der Waals surface area (Å²) in [5, 5.41) is 16.1. The summed E-state index contributed by atoms with van der Waals surface area (Å²) in [6.07, 6.45) is 2.70. The number of aliphatic carboxylic acids is 1. The van der Waals surface area contributed by atoms with E-state index in [1.165, 1.54) is 13.1 Å². The molecule has 0 aliphatic rings. The lowest BCUT2D eigenvalue weighted by Gasteiger charge is -2.07. The minimum atomic E-state index is -1.02. The SMILES string of the molecule is CNC(=O)CCNC(=O)Nc1ccc(C=CC(=O)O)cc1. The van der Waals surface area contributed by atoms with E-state index in [9.17, 15) is 14.4 Å². The van der Waals surface area contributed by atoms with Gasteiger partial charge in [-0.2, -0.15) is 0 Å². The molecule has 0 saturated heterocycles. The second-order valence-corrected chi connectivity index (χ2v) is 4.10. The first-order chi connectivity index (χ1) is 10.0. The fourth-order valence-corrected chi connectivity index (χ4v) is 1.43. The van der Waals surface area contributed by atoms with E-state index in [1.54, 1.807) is 24.3 Å². The van der Waals surface area contributed by atoms with Gasteiger partial charge in [0.1, 0.15) is 0 Å². The number of hydrogen-bond donors (Lipinski definition) is 4. The molecule has 0 unspecified atom stereocenters. The Hall–Kier alpha value is -2.83. The molecule has 0 aliphatic heterocycles. The predicted molar refractivity (Wildman–Crippen MR) is 78.8 cm³/mol. The van der Waals surface area contributed by atoms with Gasteiger partial charge in [-0.3, -0.25) is 4.79 Å². The number of anilines is 1. The van der Waals surface area contributed by atoms with Crippen LogP contribution in [-0.2, 0) is 9.59 Å². The molecule has 0 fully saturated rings. The molecule has 7 heteroatoms. The van der Waals surface area contributed by atoms with Crippen LogP contribution in [0.4, 0.5) is 10.5 Å². The molecule has 1 aromatic rings. The average molecular weight is 291 g/mol. The molecule has 3 amide bonds. The van der Waals surface area contributed by atoms with Crippen LogP contribution in [0, 0.1) is 0 Å². The van der Waals surface area contributed by atoms with Gasteiger partial charge < -0.3 is 21.1 Å². The molecule has 1 aromatic carbocycles. The number of benzene rings is 1. The maximum absolute atomic E-state index is 11.5. The third-order valence-electron chi connectivity index (χ3n) is 2.50. The first kappa shape index (κ1) is 16.2. The molecule has 0 spiro atoms. The van der Waals surface area contributed by atoms with E-state index in [-0.39, 0.29) is 18.9 Å². The van der Waals surface area contributed by atoms with Gasteiger partial charge in [-0.1, -0.05) is 12.1 Å². The molecule has 7 nitrogen and oxygen atoms in total. The van der Waals surface area contributed by atoms with Gasteiger partial charge in [0.25, 0.3) is 0 Å². The molecule has 0 bridgehead atoms. The Morgan fingerprint density at radius 2 is 1.86 bits per heavy atom. The Morgan fingerprint density at radius 3 is 2.43 bits per heavy atom. The Bertz CT molecular complexity index is 538. The minimum absolute atomic E-state index is 0.148. The lowest BCUT2D eigenvalue weighted by molar-refractivity contribution is -0.131. The van der Waals surface area contributed by atoms with E-state index in [0.717, 1.165) is 6.08 Å². The van der Waals surface area contributed by atoms with E-state index in [4.69, 9.17) is 5.11 Å². The topological polar surface area (TPSA) is 108 Å². The smallest absolute Gasteiger partial charge is 0.328 e. The van der Waals surface area contributed by atoms with Crippen molar-refractivity contribution in [1.29, 1.82) is 0 Å². The molecule has 0 radical (unpaired) electrons. The number of urea groups is 1. The minimum Gasteiger partial charge on any atom is -0.478 e. The fraction of sp³-hybridized carbons (Fsp3) is 0.214. The maximum Gasteiger partial charge on any atom is 0.328 e. The highest BCUT2D eigenvalue weighted by atomic mass is 16.4. The molecule has 0 atom stereocenters. The van der Waals surface area contributed by atoms with Gasteiger partial charge >= 0.3 is 12.0 Å². The number of carbonyl (C=O) groups is 3. The van der Waals surface area contributed by atoms with Crippen molar-refractivity contribution in [1.82, 2.24) is 10.6 Å². The summed E-state index contributed by atoms with van der Waals surface area (Å²) in [7, 11) is 1.53. The summed E-state index contributed by atoms with van der Waals surface area (Å²) >= 11 is 0. The molecular weight excluding hydrogens is 274 g/mol. The molecule has 4 N–H and O–H groups in total. The number of amides is 3. The zero-order chi connectivity index (χ0) is 15.7. The lowest BCUT2D eigenvalue weighted by atomic mass is 10.2. The van der Waals surface area contributed by atoms with Gasteiger partial charge in [0.05, 0.1) is 0 Å². The second-order valence-electron chi connectivity index (χ2n) is 4.10. The summed E-state index contributed by atoms with van der Waals surface area (Å²) in [6, 6.07) is 6.26. The van der Waals surface area contributed by atoms with Crippen LogP contribution in [-0.4, -0.2) is 36.6 Å². The number of carbonyl (C=O) groups excluding carboxylic acids is 2.